The number of benzene rings is 1. The normalized spacial score (nSPS) is 10.9. The van der Waals surface area contributed by atoms with Crippen LogP contribution in [-0.4, -0.2) is 15.0 Å². The molecule has 0 atom stereocenters. The molecule has 2 aromatic heterocycles. The SMILES string of the molecule is Nc1cc(Br)cc2nc(-c3cncnc3)oc12. The smallest absolute Gasteiger partial charge is 0.230 e. The van der Waals surface area contributed by atoms with Gasteiger partial charge in [-0.05, 0) is 12.1 Å². The predicted octanol–water partition coefficient (Wildman–Crippen LogP) is 2.63. The third-order valence-electron chi connectivity index (χ3n) is 2.29. The topological polar surface area (TPSA) is 77.8 Å². The van der Waals surface area contributed by atoms with Gasteiger partial charge >= 0.3 is 0 Å². The summed E-state index contributed by atoms with van der Waals surface area (Å²) in [5.41, 5.74) is 8.40. The van der Waals surface area contributed by atoms with Gasteiger partial charge in [0.15, 0.2) is 5.58 Å². The average Bonchev–Trinajstić information content (AvgIpc) is 2.74. The van der Waals surface area contributed by atoms with Crippen molar-refractivity contribution in [2.45, 2.75) is 0 Å². The van der Waals surface area contributed by atoms with Crippen LogP contribution in [0.2, 0.25) is 0 Å². The van der Waals surface area contributed by atoms with Crippen molar-refractivity contribution < 1.29 is 4.42 Å². The Morgan fingerprint density at radius 2 is 1.94 bits per heavy atom. The van der Waals surface area contributed by atoms with Gasteiger partial charge in [0.2, 0.25) is 5.89 Å². The standard InChI is InChI=1S/C11H7BrN4O/c12-7-1-8(13)10-9(2-7)16-11(17-10)6-3-14-5-15-4-6/h1-5H,13H2. The molecule has 17 heavy (non-hydrogen) atoms. The Bertz CT molecular complexity index is 681. The average molecular weight is 291 g/mol. The predicted molar refractivity (Wildman–Crippen MR) is 67.1 cm³/mol. The molecular formula is C11H7BrN4O. The number of halogens is 1. The Labute approximate surface area is 105 Å². The van der Waals surface area contributed by atoms with Crippen molar-refractivity contribution >= 4 is 32.7 Å². The van der Waals surface area contributed by atoms with Gasteiger partial charge in [0.1, 0.15) is 11.8 Å². The number of nitrogens with two attached hydrogens (primary N) is 1. The lowest BCUT2D eigenvalue weighted by atomic mass is 10.3. The van der Waals surface area contributed by atoms with Gasteiger partial charge < -0.3 is 10.2 Å². The van der Waals surface area contributed by atoms with E-state index in [1.807, 2.05) is 6.07 Å². The summed E-state index contributed by atoms with van der Waals surface area (Å²) in [5.74, 6) is 0.463. The molecular weight excluding hydrogens is 284 g/mol. The van der Waals surface area contributed by atoms with Crippen molar-refractivity contribution in [2.24, 2.45) is 0 Å². The van der Waals surface area contributed by atoms with E-state index in [1.54, 1.807) is 18.5 Å². The quantitative estimate of drug-likeness (QED) is 0.697. The maximum absolute atomic E-state index is 5.85. The van der Waals surface area contributed by atoms with Gasteiger partial charge in [-0.2, -0.15) is 0 Å². The van der Waals surface area contributed by atoms with Gasteiger partial charge in [-0.3, -0.25) is 0 Å². The molecule has 0 radical (unpaired) electrons. The molecule has 0 fully saturated rings. The van der Waals surface area contributed by atoms with Gasteiger partial charge in [0.25, 0.3) is 0 Å². The van der Waals surface area contributed by atoms with Crippen LogP contribution in [0.15, 0.2) is 39.7 Å². The van der Waals surface area contributed by atoms with Crippen LogP contribution in [0.5, 0.6) is 0 Å². The van der Waals surface area contributed by atoms with Crippen LogP contribution in [0, 0.1) is 0 Å². The summed E-state index contributed by atoms with van der Waals surface area (Å²) in [4.78, 5) is 12.2. The van der Waals surface area contributed by atoms with Crippen molar-refractivity contribution in [3.63, 3.8) is 0 Å². The molecule has 0 amide bonds. The Hall–Kier alpha value is -1.95. The number of rotatable bonds is 1. The van der Waals surface area contributed by atoms with E-state index in [-0.39, 0.29) is 0 Å². The highest BCUT2D eigenvalue weighted by molar-refractivity contribution is 9.10. The fourth-order valence-corrected chi connectivity index (χ4v) is 2.02. The molecule has 0 bridgehead atoms. The molecule has 3 aromatic rings. The minimum Gasteiger partial charge on any atom is -0.434 e. The number of hydrogen-bond acceptors (Lipinski definition) is 5. The summed E-state index contributed by atoms with van der Waals surface area (Å²) >= 11 is 3.36. The maximum atomic E-state index is 5.85. The van der Waals surface area contributed by atoms with Crippen LogP contribution in [0.4, 0.5) is 5.69 Å². The Morgan fingerprint density at radius 1 is 1.18 bits per heavy atom. The zero-order valence-electron chi connectivity index (χ0n) is 8.59. The summed E-state index contributed by atoms with van der Waals surface area (Å²) < 4.78 is 6.47. The van der Waals surface area contributed by atoms with E-state index in [1.165, 1.54) is 6.33 Å². The first-order valence-electron chi connectivity index (χ1n) is 4.85. The van der Waals surface area contributed by atoms with Crippen LogP contribution in [0.1, 0.15) is 0 Å². The van der Waals surface area contributed by atoms with Crippen LogP contribution >= 0.6 is 15.9 Å². The molecule has 0 aliphatic heterocycles. The first-order chi connectivity index (χ1) is 8.24. The van der Waals surface area contributed by atoms with Crippen LogP contribution in [0.3, 0.4) is 0 Å². The van der Waals surface area contributed by atoms with Crippen LogP contribution in [-0.2, 0) is 0 Å². The van der Waals surface area contributed by atoms with Crippen molar-refractivity contribution in [2.75, 3.05) is 5.73 Å². The molecule has 0 saturated carbocycles. The van der Waals surface area contributed by atoms with Crippen molar-refractivity contribution in [1.29, 1.82) is 0 Å². The minimum atomic E-state index is 0.463. The highest BCUT2D eigenvalue weighted by Gasteiger charge is 2.11. The molecule has 3 rings (SSSR count). The molecule has 0 aliphatic carbocycles. The van der Waals surface area contributed by atoms with Crippen LogP contribution < -0.4 is 5.73 Å². The lowest BCUT2D eigenvalue weighted by Gasteiger charge is -1.94. The highest BCUT2D eigenvalue weighted by Crippen LogP contribution is 2.30. The van der Waals surface area contributed by atoms with Crippen LogP contribution in [0.25, 0.3) is 22.6 Å². The minimum absolute atomic E-state index is 0.463. The second-order valence-electron chi connectivity index (χ2n) is 3.49. The number of anilines is 1. The van der Waals surface area contributed by atoms with Gasteiger partial charge in [0.05, 0.1) is 11.3 Å². The highest BCUT2D eigenvalue weighted by atomic mass is 79.9. The second kappa shape index (κ2) is 3.81. The molecule has 2 heterocycles. The van der Waals surface area contributed by atoms with Crippen molar-refractivity contribution in [3.05, 3.63) is 35.3 Å². The van der Waals surface area contributed by atoms with E-state index in [9.17, 15) is 0 Å². The first-order valence-corrected chi connectivity index (χ1v) is 5.64. The number of fused-ring (bicyclic) bond motifs is 1. The molecule has 84 valence electrons. The number of oxazole rings is 1. The molecule has 6 heteroatoms. The van der Waals surface area contributed by atoms with Crippen molar-refractivity contribution in [3.8, 4) is 11.5 Å². The summed E-state index contributed by atoms with van der Waals surface area (Å²) in [6, 6.07) is 3.63. The van der Waals surface area contributed by atoms with E-state index >= 15 is 0 Å². The van der Waals surface area contributed by atoms with E-state index < -0.39 is 0 Å². The third kappa shape index (κ3) is 1.76. The third-order valence-corrected chi connectivity index (χ3v) is 2.75. The molecule has 0 spiro atoms. The Balaban J connectivity index is 2.24. The molecule has 0 unspecified atom stereocenters. The summed E-state index contributed by atoms with van der Waals surface area (Å²) in [7, 11) is 0. The van der Waals surface area contributed by atoms with Gasteiger partial charge in [-0.25, -0.2) is 15.0 Å². The lowest BCUT2D eigenvalue weighted by Crippen LogP contribution is -1.84. The van der Waals surface area contributed by atoms with E-state index in [4.69, 9.17) is 10.2 Å². The maximum Gasteiger partial charge on any atom is 0.230 e. The van der Waals surface area contributed by atoms with Gasteiger partial charge in [0, 0.05) is 16.9 Å². The molecule has 0 aliphatic rings. The number of nitrogen functional groups attached to an aromatic ring is 1. The molecule has 5 nitrogen and oxygen atoms in total. The van der Waals surface area contributed by atoms with E-state index in [0.29, 0.717) is 22.7 Å². The molecule has 2 N–H and O–H groups in total. The summed E-state index contributed by atoms with van der Waals surface area (Å²) in [6.07, 6.45) is 4.74. The molecule has 1 aromatic carbocycles. The lowest BCUT2D eigenvalue weighted by molar-refractivity contribution is 0.620. The number of aromatic nitrogens is 3. The first kappa shape index (κ1) is 10.2. The zero-order valence-corrected chi connectivity index (χ0v) is 10.2. The Kier molecular flexibility index (Phi) is 2.29. The zero-order chi connectivity index (χ0) is 11.8. The number of hydrogen-bond donors (Lipinski definition) is 1. The fraction of sp³-hybridized carbons (Fsp3) is 0. The molecule has 0 saturated heterocycles. The largest absolute Gasteiger partial charge is 0.434 e. The summed E-state index contributed by atoms with van der Waals surface area (Å²) in [6.45, 7) is 0. The van der Waals surface area contributed by atoms with E-state index in [2.05, 4.69) is 30.9 Å². The monoisotopic (exact) mass is 290 g/mol. The second-order valence-corrected chi connectivity index (χ2v) is 4.41. The fourth-order valence-electron chi connectivity index (χ4n) is 1.56. The van der Waals surface area contributed by atoms with Gasteiger partial charge in [-0.15, -0.1) is 0 Å². The van der Waals surface area contributed by atoms with Gasteiger partial charge in [-0.1, -0.05) is 15.9 Å². The summed E-state index contributed by atoms with van der Waals surface area (Å²) in [5, 5.41) is 0. The number of nitrogens with zero attached hydrogens (tertiary/aromatic N) is 3. The Morgan fingerprint density at radius 3 is 2.71 bits per heavy atom. The van der Waals surface area contributed by atoms with E-state index in [0.717, 1.165) is 10.0 Å². The van der Waals surface area contributed by atoms with Crippen molar-refractivity contribution in [1.82, 2.24) is 15.0 Å².